The summed E-state index contributed by atoms with van der Waals surface area (Å²) in [6, 6.07) is 0. The van der Waals surface area contributed by atoms with Gasteiger partial charge in [-0.05, 0) is 19.8 Å². The molecule has 0 saturated carbocycles. The first kappa shape index (κ1) is 14.6. The van der Waals surface area contributed by atoms with E-state index in [1.165, 1.54) is 25.7 Å². The zero-order chi connectivity index (χ0) is 11.7. The number of hydrogen-bond donors (Lipinski definition) is 1. The van der Waals surface area contributed by atoms with E-state index in [1.54, 1.807) is 6.92 Å². The molecule has 15 heavy (non-hydrogen) atoms. The first-order chi connectivity index (χ1) is 7.04. The second kappa shape index (κ2) is 7.86. The zero-order valence-corrected chi connectivity index (χ0v) is 10.5. The molecule has 1 atom stereocenters. The van der Waals surface area contributed by atoms with Gasteiger partial charge in [0.05, 0.1) is 0 Å². The lowest BCUT2D eigenvalue weighted by atomic mass is 9.93. The summed E-state index contributed by atoms with van der Waals surface area (Å²) in [6.07, 6.45) is 8.13. The molecule has 0 rings (SSSR count). The van der Waals surface area contributed by atoms with Crippen LogP contribution in [0.4, 0.5) is 0 Å². The number of carbonyl (C=O) groups is 1. The summed E-state index contributed by atoms with van der Waals surface area (Å²) in [5.41, 5.74) is -1.09. The summed E-state index contributed by atoms with van der Waals surface area (Å²) >= 11 is 0. The predicted molar refractivity (Wildman–Crippen MR) is 63.9 cm³/mol. The molecule has 0 aliphatic rings. The fraction of sp³-hybridized carbons (Fsp3) is 0.923. The van der Waals surface area contributed by atoms with Crippen molar-refractivity contribution in [1.82, 2.24) is 0 Å². The third-order valence-electron chi connectivity index (χ3n) is 3.05. The Kier molecular flexibility index (Phi) is 7.67. The van der Waals surface area contributed by atoms with Crippen LogP contribution in [-0.4, -0.2) is 16.5 Å². The minimum absolute atomic E-state index is 0.000455. The minimum Gasteiger partial charge on any atom is -0.382 e. The van der Waals surface area contributed by atoms with Crippen LogP contribution in [0.5, 0.6) is 0 Å². The predicted octanol–water partition coefficient (Wildman–Crippen LogP) is 3.47. The normalized spacial score (nSPS) is 14.9. The molecule has 2 nitrogen and oxygen atoms in total. The van der Waals surface area contributed by atoms with Crippen molar-refractivity contribution in [2.24, 2.45) is 0 Å². The number of hydrogen-bond acceptors (Lipinski definition) is 2. The molecule has 2 heteroatoms. The van der Waals surface area contributed by atoms with Crippen molar-refractivity contribution < 1.29 is 9.90 Å². The lowest BCUT2D eigenvalue weighted by Gasteiger charge is -2.19. The van der Waals surface area contributed by atoms with E-state index >= 15 is 0 Å². The number of rotatable bonds is 9. The summed E-state index contributed by atoms with van der Waals surface area (Å²) < 4.78 is 0. The Bertz CT molecular complexity index is 173. The van der Waals surface area contributed by atoms with Crippen LogP contribution in [-0.2, 0) is 4.79 Å². The molecule has 0 radical (unpaired) electrons. The maximum atomic E-state index is 11.5. The third-order valence-corrected chi connectivity index (χ3v) is 3.05. The van der Waals surface area contributed by atoms with Gasteiger partial charge in [0, 0.05) is 6.42 Å². The van der Waals surface area contributed by atoms with Crippen LogP contribution in [0.2, 0.25) is 0 Å². The van der Waals surface area contributed by atoms with Crippen molar-refractivity contribution in [2.75, 3.05) is 0 Å². The summed E-state index contributed by atoms with van der Waals surface area (Å²) in [5, 5.41) is 9.68. The van der Waals surface area contributed by atoms with Gasteiger partial charge in [0.1, 0.15) is 5.60 Å². The fourth-order valence-electron chi connectivity index (χ4n) is 1.53. The molecule has 0 aromatic heterocycles. The molecular formula is C13H26O2. The quantitative estimate of drug-likeness (QED) is 0.597. The maximum absolute atomic E-state index is 11.5. The monoisotopic (exact) mass is 214 g/mol. The SMILES string of the molecule is CCCCCCCCC(=O)C(C)(O)CC. The van der Waals surface area contributed by atoms with Gasteiger partial charge in [0.15, 0.2) is 5.78 Å². The Labute approximate surface area is 94.1 Å². The summed E-state index contributed by atoms with van der Waals surface area (Å²) in [6.45, 7) is 5.66. The number of carbonyl (C=O) groups excluding carboxylic acids is 1. The van der Waals surface area contributed by atoms with Crippen LogP contribution in [0, 0.1) is 0 Å². The van der Waals surface area contributed by atoms with E-state index in [4.69, 9.17) is 0 Å². The highest BCUT2D eigenvalue weighted by Gasteiger charge is 2.26. The number of unbranched alkanes of at least 4 members (excludes halogenated alkanes) is 5. The lowest BCUT2D eigenvalue weighted by molar-refractivity contribution is -0.136. The lowest BCUT2D eigenvalue weighted by Crippen LogP contribution is -2.33. The maximum Gasteiger partial charge on any atom is 0.164 e. The highest BCUT2D eigenvalue weighted by Crippen LogP contribution is 2.15. The van der Waals surface area contributed by atoms with Gasteiger partial charge in [0.25, 0.3) is 0 Å². The van der Waals surface area contributed by atoms with Crippen LogP contribution >= 0.6 is 0 Å². The van der Waals surface area contributed by atoms with Crippen molar-refractivity contribution in [3.05, 3.63) is 0 Å². The molecule has 0 aliphatic carbocycles. The smallest absolute Gasteiger partial charge is 0.164 e. The Morgan fingerprint density at radius 3 is 2.13 bits per heavy atom. The van der Waals surface area contributed by atoms with E-state index in [0.29, 0.717) is 12.8 Å². The number of ketones is 1. The average Bonchev–Trinajstić information content (AvgIpc) is 2.22. The van der Waals surface area contributed by atoms with Crippen LogP contribution in [0.15, 0.2) is 0 Å². The van der Waals surface area contributed by atoms with Crippen molar-refractivity contribution in [3.63, 3.8) is 0 Å². The zero-order valence-electron chi connectivity index (χ0n) is 10.5. The summed E-state index contributed by atoms with van der Waals surface area (Å²) in [7, 11) is 0. The highest BCUT2D eigenvalue weighted by molar-refractivity contribution is 5.86. The van der Waals surface area contributed by atoms with Gasteiger partial charge in [-0.25, -0.2) is 0 Å². The number of Topliss-reactive ketones (excluding diaryl/α,β-unsaturated/α-hetero) is 1. The molecule has 0 heterocycles. The van der Waals surface area contributed by atoms with Gasteiger partial charge < -0.3 is 5.11 Å². The van der Waals surface area contributed by atoms with Crippen molar-refractivity contribution in [3.8, 4) is 0 Å². The highest BCUT2D eigenvalue weighted by atomic mass is 16.3. The van der Waals surface area contributed by atoms with Gasteiger partial charge in [-0.3, -0.25) is 4.79 Å². The Hall–Kier alpha value is -0.370. The molecule has 0 aliphatic heterocycles. The summed E-state index contributed by atoms with van der Waals surface area (Å²) in [5.74, 6) is 0.000455. The van der Waals surface area contributed by atoms with Crippen LogP contribution < -0.4 is 0 Å². The molecular weight excluding hydrogens is 188 g/mol. The van der Waals surface area contributed by atoms with E-state index in [0.717, 1.165) is 12.8 Å². The third kappa shape index (κ3) is 6.67. The molecule has 0 aromatic rings. The van der Waals surface area contributed by atoms with Gasteiger partial charge in [-0.1, -0.05) is 46.0 Å². The molecule has 0 fully saturated rings. The van der Waals surface area contributed by atoms with E-state index in [9.17, 15) is 9.90 Å². The first-order valence-electron chi connectivity index (χ1n) is 6.30. The van der Waals surface area contributed by atoms with Crippen LogP contribution in [0.3, 0.4) is 0 Å². The van der Waals surface area contributed by atoms with E-state index < -0.39 is 5.60 Å². The largest absolute Gasteiger partial charge is 0.382 e. The van der Waals surface area contributed by atoms with Crippen molar-refractivity contribution >= 4 is 5.78 Å². The van der Waals surface area contributed by atoms with E-state index in [-0.39, 0.29) is 5.78 Å². The van der Waals surface area contributed by atoms with E-state index in [1.807, 2.05) is 6.92 Å². The van der Waals surface area contributed by atoms with Crippen molar-refractivity contribution in [1.29, 1.82) is 0 Å². The standard InChI is InChI=1S/C13H26O2/c1-4-6-7-8-9-10-11-12(14)13(3,15)5-2/h15H,4-11H2,1-3H3. The molecule has 0 aromatic carbocycles. The van der Waals surface area contributed by atoms with Gasteiger partial charge >= 0.3 is 0 Å². The van der Waals surface area contributed by atoms with Crippen molar-refractivity contribution in [2.45, 2.75) is 77.7 Å². The minimum atomic E-state index is -1.09. The number of aliphatic hydroxyl groups is 1. The topological polar surface area (TPSA) is 37.3 Å². The molecule has 0 amide bonds. The molecule has 0 bridgehead atoms. The van der Waals surface area contributed by atoms with Gasteiger partial charge in [0.2, 0.25) is 0 Å². The Morgan fingerprint density at radius 1 is 1.07 bits per heavy atom. The molecule has 1 unspecified atom stereocenters. The van der Waals surface area contributed by atoms with Crippen LogP contribution in [0.1, 0.15) is 72.1 Å². The first-order valence-corrected chi connectivity index (χ1v) is 6.30. The fourth-order valence-corrected chi connectivity index (χ4v) is 1.53. The molecule has 1 N–H and O–H groups in total. The molecule has 0 spiro atoms. The Morgan fingerprint density at radius 2 is 1.60 bits per heavy atom. The second-order valence-corrected chi connectivity index (χ2v) is 4.57. The van der Waals surface area contributed by atoms with Crippen LogP contribution in [0.25, 0.3) is 0 Å². The van der Waals surface area contributed by atoms with E-state index in [2.05, 4.69) is 6.92 Å². The van der Waals surface area contributed by atoms with Gasteiger partial charge in [-0.2, -0.15) is 0 Å². The second-order valence-electron chi connectivity index (χ2n) is 4.57. The summed E-state index contributed by atoms with van der Waals surface area (Å²) in [4.78, 5) is 11.5. The molecule has 90 valence electrons. The van der Waals surface area contributed by atoms with Gasteiger partial charge in [-0.15, -0.1) is 0 Å². The molecule has 0 saturated heterocycles. The Balaban J connectivity index is 3.47. The average molecular weight is 214 g/mol.